The number of hydrogen-bond acceptors (Lipinski definition) is 0. The van der Waals surface area contributed by atoms with Crippen LogP contribution in [0.1, 0.15) is 27.7 Å². The Kier molecular flexibility index (Phi) is 5.26. The van der Waals surface area contributed by atoms with E-state index < -0.39 is 0 Å². The third-order valence-electron chi connectivity index (χ3n) is 1.57. The molecule has 0 aliphatic heterocycles. The molecule has 0 aliphatic carbocycles. The van der Waals surface area contributed by atoms with E-state index >= 15 is 0 Å². The van der Waals surface area contributed by atoms with Gasteiger partial charge in [-0.05, 0) is 0 Å². The van der Waals surface area contributed by atoms with E-state index in [0.29, 0.717) is 29.9 Å². The van der Waals surface area contributed by atoms with Crippen LogP contribution in [0.3, 0.4) is 0 Å². The summed E-state index contributed by atoms with van der Waals surface area (Å²) in [6.07, 6.45) is 0. The van der Waals surface area contributed by atoms with Gasteiger partial charge < -0.3 is 0 Å². The summed E-state index contributed by atoms with van der Waals surface area (Å²) >= 11 is 1.32. The van der Waals surface area contributed by atoms with Gasteiger partial charge in [-0.15, -0.1) is 0 Å². The Bertz CT molecular complexity index is 250. The van der Waals surface area contributed by atoms with Crippen LogP contribution in [0, 0.1) is 0 Å². The Morgan fingerprint density at radius 2 is 1.14 bits per heavy atom. The third kappa shape index (κ3) is 4.19. The Hall–Kier alpha value is 0.259. The molecule has 14 heavy (non-hydrogen) atoms. The predicted octanol–water partition coefficient (Wildman–Crippen LogP) is 2.00. The van der Waals surface area contributed by atoms with Crippen LogP contribution in [-0.2, 0) is 0 Å². The van der Waals surface area contributed by atoms with Gasteiger partial charge in [-0.2, -0.15) is 0 Å². The first-order chi connectivity index (χ1) is 6.59. The molecule has 1 aromatic rings. The van der Waals surface area contributed by atoms with Crippen LogP contribution in [0.2, 0.25) is 9.63 Å². The minimum atomic E-state index is 0.660. The molecule has 1 rings (SSSR count). The zero-order valence-electron chi connectivity index (χ0n) is 9.28. The van der Waals surface area contributed by atoms with Crippen LogP contribution in [0.15, 0.2) is 24.3 Å². The molecule has 0 bridgehead atoms. The quantitative estimate of drug-likeness (QED) is 0.745. The molecular formula is C12H18Se2. The van der Waals surface area contributed by atoms with Crippen molar-refractivity contribution in [1.29, 1.82) is 0 Å². The molecule has 0 aromatic heterocycles. The standard InChI is InChI=1S/C12H18Se2/c1-9(2)13-11-7-5-6-8-12(11)14-10(3)4/h5-10H,1-4H3. The molecule has 78 valence electrons. The van der Waals surface area contributed by atoms with Crippen LogP contribution in [0.4, 0.5) is 0 Å². The maximum absolute atomic E-state index is 2.32. The van der Waals surface area contributed by atoms with Crippen molar-refractivity contribution in [2.75, 3.05) is 0 Å². The molecular weight excluding hydrogens is 302 g/mol. The molecule has 0 nitrogen and oxygen atoms in total. The second-order valence-electron chi connectivity index (χ2n) is 3.78. The van der Waals surface area contributed by atoms with Crippen molar-refractivity contribution in [3.8, 4) is 0 Å². The second kappa shape index (κ2) is 5.98. The summed E-state index contributed by atoms with van der Waals surface area (Å²) < 4.78 is 3.26. The van der Waals surface area contributed by atoms with E-state index in [9.17, 15) is 0 Å². The average molecular weight is 320 g/mol. The summed E-state index contributed by atoms with van der Waals surface area (Å²) in [6.45, 7) is 9.27. The molecule has 0 amide bonds. The van der Waals surface area contributed by atoms with E-state index in [1.54, 1.807) is 8.92 Å². The van der Waals surface area contributed by atoms with Gasteiger partial charge >= 0.3 is 100 Å². The second-order valence-corrected chi connectivity index (χ2v) is 10.6. The van der Waals surface area contributed by atoms with E-state index in [2.05, 4.69) is 52.0 Å². The van der Waals surface area contributed by atoms with Crippen molar-refractivity contribution in [3.63, 3.8) is 0 Å². The van der Waals surface area contributed by atoms with Crippen molar-refractivity contribution >= 4 is 38.8 Å². The first-order valence-electron chi connectivity index (χ1n) is 5.02. The van der Waals surface area contributed by atoms with Gasteiger partial charge in [0.1, 0.15) is 0 Å². The molecule has 0 spiro atoms. The van der Waals surface area contributed by atoms with Crippen LogP contribution in [-0.4, -0.2) is 29.9 Å². The molecule has 0 unspecified atom stereocenters. The van der Waals surface area contributed by atoms with Gasteiger partial charge in [-0.25, -0.2) is 0 Å². The average Bonchev–Trinajstić information content (AvgIpc) is 2.06. The van der Waals surface area contributed by atoms with Gasteiger partial charge in [0, 0.05) is 0 Å². The number of benzene rings is 1. The third-order valence-corrected chi connectivity index (χ3v) is 6.77. The van der Waals surface area contributed by atoms with Gasteiger partial charge in [-0.1, -0.05) is 0 Å². The molecule has 0 saturated carbocycles. The predicted molar refractivity (Wildman–Crippen MR) is 67.4 cm³/mol. The molecule has 1 aromatic carbocycles. The normalized spacial score (nSPS) is 11.3. The summed E-state index contributed by atoms with van der Waals surface area (Å²) in [5, 5.41) is 0. The Labute approximate surface area is 100 Å². The molecule has 0 saturated heterocycles. The Morgan fingerprint density at radius 1 is 0.786 bits per heavy atom. The van der Waals surface area contributed by atoms with Crippen molar-refractivity contribution in [3.05, 3.63) is 24.3 Å². The van der Waals surface area contributed by atoms with Gasteiger partial charge in [-0.3, -0.25) is 0 Å². The van der Waals surface area contributed by atoms with E-state index in [0.717, 1.165) is 9.63 Å². The van der Waals surface area contributed by atoms with E-state index in [1.807, 2.05) is 0 Å². The molecule has 0 heterocycles. The molecule has 0 fully saturated rings. The topological polar surface area (TPSA) is 0 Å². The van der Waals surface area contributed by atoms with Gasteiger partial charge in [0.25, 0.3) is 0 Å². The number of hydrogen-bond donors (Lipinski definition) is 0. The van der Waals surface area contributed by atoms with Crippen LogP contribution in [0.5, 0.6) is 0 Å². The molecule has 2 heteroatoms. The van der Waals surface area contributed by atoms with E-state index in [-0.39, 0.29) is 0 Å². The van der Waals surface area contributed by atoms with Crippen molar-refractivity contribution < 1.29 is 0 Å². The zero-order chi connectivity index (χ0) is 10.6. The van der Waals surface area contributed by atoms with Crippen molar-refractivity contribution in [2.24, 2.45) is 0 Å². The van der Waals surface area contributed by atoms with Gasteiger partial charge in [0.15, 0.2) is 0 Å². The summed E-state index contributed by atoms with van der Waals surface area (Å²) in [6, 6.07) is 9.00. The first-order valence-corrected chi connectivity index (χ1v) is 8.71. The van der Waals surface area contributed by atoms with Crippen LogP contribution in [0.25, 0.3) is 0 Å². The van der Waals surface area contributed by atoms with Gasteiger partial charge in [0.05, 0.1) is 0 Å². The first kappa shape index (κ1) is 12.3. The molecule has 0 N–H and O–H groups in total. The Balaban J connectivity index is 2.80. The Morgan fingerprint density at radius 3 is 1.43 bits per heavy atom. The van der Waals surface area contributed by atoms with Crippen molar-refractivity contribution in [2.45, 2.75) is 37.3 Å². The summed E-state index contributed by atoms with van der Waals surface area (Å²) in [5.74, 6) is 0. The van der Waals surface area contributed by atoms with E-state index in [4.69, 9.17) is 0 Å². The van der Waals surface area contributed by atoms with Crippen molar-refractivity contribution in [1.82, 2.24) is 0 Å². The van der Waals surface area contributed by atoms with Crippen LogP contribution < -0.4 is 8.92 Å². The van der Waals surface area contributed by atoms with Crippen LogP contribution >= 0.6 is 0 Å². The summed E-state index contributed by atoms with van der Waals surface area (Å²) in [4.78, 5) is 1.65. The summed E-state index contributed by atoms with van der Waals surface area (Å²) in [7, 11) is 0. The van der Waals surface area contributed by atoms with Gasteiger partial charge in [0.2, 0.25) is 0 Å². The fraction of sp³-hybridized carbons (Fsp3) is 0.500. The fourth-order valence-electron chi connectivity index (χ4n) is 1.15. The molecule has 0 radical (unpaired) electrons. The minimum absolute atomic E-state index is 0.660. The molecule has 0 aliphatic rings. The molecule has 0 atom stereocenters. The fourth-order valence-corrected chi connectivity index (χ4v) is 5.77. The maximum atomic E-state index is 2.32. The van der Waals surface area contributed by atoms with E-state index in [1.165, 1.54) is 0 Å². The summed E-state index contributed by atoms with van der Waals surface area (Å²) in [5.41, 5.74) is 0. The number of rotatable bonds is 4. The zero-order valence-corrected chi connectivity index (χ0v) is 12.7. The SMILES string of the molecule is CC(C)[Se]c1ccccc1[Se]C(C)C. The monoisotopic (exact) mass is 322 g/mol.